The number of hydrogen-bond donors (Lipinski definition) is 2. The van der Waals surface area contributed by atoms with Crippen LogP contribution < -0.4 is 10.0 Å². The van der Waals surface area contributed by atoms with Crippen molar-refractivity contribution in [2.75, 3.05) is 45.1 Å². The van der Waals surface area contributed by atoms with Gasteiger partial charge in [0.15, 0.2) is 5.96 Å². The molecule has 1 aromatic carbocycles. The quantitative estimate of drug-likeness (QED) is 0.196. The fourth-order valence-electron chi connectivity index (χ4n) is 3.10. The molecule has 1 saturated heterocycles. The number of ether oxygens (including phenoxy) is 1. The van der Waals surface area contributed by atoms with Crippen molar-refractivity contribution in [2.45, 2.75) is 33.3 Å². The zero-order valence-electron chi connectivity index (χ0n) is 17.5. The van der Waals surface area contributed by atoms with Crippen molar-refractivity contribution in [1.29, 1.82) is 0 Å². The highest BCUT2D eigenvalue weighted by molar-refractivity contribution is 14.0. The highest BCUT2D eigenvalue weighted by Crippen LogP contribution is 2.17. The summed E-state index contributed by atoms with van der Waals surface area (Å²) < 4.78 is 31.4. The Kier molecular flexibility index (Phi) is 12.8. The van der Waals surface area contributed by atoms with Crippen LogP contribution in [0.4, 0.5) is 0 Å². The molecule has 2 N–H and O–H groups in total. The van der Waals surface area contributed by atoms with Crippen LogP contribution in [0.5, 0.6) is 0 Å². The van der Waals surface area contributed by atoms with Crippen LogP contribution in [0.3, 0.4) is 0 Å². The molecule has 0 aromatic heterocycles. The molecule has 0 bridgehead atoms. The van der Waals surface area contributed by atoms with Crippen molar-refractivity contribution in [2.24, 2.45) is 10.9 Å². The number of sulfonamides is 1. The summed E-state index contributed by atoms with van der Waals surface area (Å²) in [7, 11) is -3.12. The van der Waals surface area contributed by atoms with Crippen molar-refractivity contribution in [3.05, 3.63) is 35.9 Å². The van der Waals surface area contributed by atoms with E-state index in [0.29, 0.717) is 32.0 Å². The molecule has 2 rings (SSSR count). The molecule has 1 heterocycles. The van der Waals surface area contributed by atoms with Gasteiger partial charge in [0.1, 0.15) is 0 Å². The van der Waals surface area contributed by atoms with Crippen molar-refractivity contribution >= 4 is 40.0 Å². The molecule has 9 heteroatoms. The van der Waals surface area contributed by atoms with Crippen LogP contribution in [-0.4, -0.2) is 64.4 Å². The number of nitrogens with zero attached hydrogens (tertiary/aromatic N) is 2. The van der Waals surface area contributed by atoms with E-state index in [1.807, 2.05) is 18.2 Å². The summed E-state index contributed by atoms with van der Waals surface area (Å²) in [4.78, 5) is 6.93. The molecule has 166 valence electrons. The Hall–Kier alpha value is -0.910. The van der Waals surface area contributed by atoms with E-state index in [4.69, 9.17) is 4.74 Å². The smallest absolute Gasteiger partial charge is 0.211 e. The molecule has 1 unspecified atom stereocenters. The van der Waals surface area contributed by atoms with Gasteiger partial charge in [-0.05, 0) is 32.3 Å². The third-order valence-corrected chi connectivity index (χ3v) is 6.09. The van der Waals surface area contributed by atoms with E-state index < -0.39 is 10.0 Å². The lowest BCUT2D eigenvalue weighted by Gasteiger charge is -2.21. The van der Waals surface area contributed by atoms with Gasteiger partial charge in [-0.2, -0.15) is 0 Å². The van der Waals surface area contributed by atoms with Crippen molar-refractivity contribution in [1.82, 2.24) is 14.9 Å². The Morgan fingerprint density at radius 2 is 2.03 bits per heavy atom. The van der Waals surface area contributed by atoms with Gasteiger partial charge in [-0.25, -0.2) is 13.1 Å². The summed E-state index contributed by atoms with van der Waals surface area (Å²) in [5, 5.41) is 3.34. The third-order valence-electron chi connectivity index (χ3n) is 4.68. The van der Waals surface area contributed by atoms with Gasteiger partial charge >= 0.3 is 0 Å². The number of hydrogen-bond acceptors (Lipinski definition) is 4. The van der Waals surface area contributed by atoms with Gasteiger partial charge in [0, 0.05) is 38.6 Å². The van der Waals surface area contributed by atoms with Crippen LogP contribution in [0.2, 0.25) is 0 Å². The van der Waals surface area contributed by atoms with Gasteiger partial charge in [0.25, 0.3) is 0 Å². The predicted octanol–water partition coefficient (Wildman–Crippen LogP) is 2.44. The van der Waals surface area contributed by atoms with Crippen LogP contribution >= 0.6 is 24.0 Å². The number of rotatable bonds is 11. The Labute approximate surface area is 192 Å². The lowest BCUT2D eigenvalue weighted by molar-refractivity contribution is 0.0907. The first-order valence-electron chi connectivity index (χ1n) is 10.2. The first-order chi connectivity index (χ1) is 13.5. The standard InChI is InChI=1S/C20H34N4O3S.HI/c1-3-21-20(22-12-8-13-23-28(25,26)4-2)24-14-11-19(15-24)17-27-16-18-9-6-5-7-10-18;/h5-7,9-10,19,23H,3-4,8,11-17H2,1-2H3,(H,21,22);1H. The number of likely N-dealkylation sites (tertiary alicyclic amines) is 1. The molecule has 7 nitrogen and oxygen atoms in total. The van der Waals surface area contributed by atoms with Gasteiger partial charge in [-0.15, -0.1) is 24.0 Å². The summed E-state index contributed by atoms with van der Waals surface area (Å²) in [6.45, 7) is 8.83. The molecule has 0 radical (unpaired) electrons. The first-order valence-corrected chi connectivity index (χ1v) is 11.8. The van der Waals surface area contributed by atoms with E-state index in [1.54, 1.807) is 6.92 Å². The molecule has 0 amide bonds. The number of nitrogens with one attached hydrogen (secondary N) is 2. The highest BCUT2D eigenvalue weighted by atomic mass is 127. The van der Waals surface area contributed by atoms with Gasteiger partial charge in [-0.3, -0.25) is 4.99 Å². The average molecular weight is 538 g/mol. The zero-order chi connectivity index (χ0) is 20.2. The maximum absolute atomic E-state index is 11.4. The molecule has 0 aliphatic carbocycles. The minimum Gasteiger partial charge on any atom is -0.376 e. The van der Waals surface area contributed by atoms with E-state index >= 15 is 0 Å². The van der Waals surface area contributed by atoms with Crippen LogP contribution in [0.25, 0.3) is 0 Å². The number of halogens is 1. The third kappa shape index (κ3) is 10.1. The molecule has 1 fully saturated rings. The van der Waals surface area contributed by atoms with E-state index in [0.717, 1.165) is 38.6 Å². The van der Waals surface area contributed by atoms with E-state index in [2.05, 4.69) is 39.0 Å². The van der Waals surface area contributed by atoms with E-state index in [9.17, 15) is 8.42 Å². The van der Waals surface area contributed by atoms with Gasteiger partial charge in [-0.1, -0.05) is 30.3 Å². The van der Waals surface area contributed by atoms with Crippen LogP contribution in [0, 0.1) is 5.92 Å². The fraction of sp³-hybridized carbons (Fsp3) is 0.650. The maximum atomic E-state index is 11.4. The number of guanidine groups is 1. The lowest BCUT2D eigenvalue weighted by atomic mass is 10.1. The predicted molar refractivity (Wildman–Crippen MR) is 129 cm³/mol. The summed E-state index contributed by atoms with van der Waals surface area (Å²) >= 11 is 0. The Morgan fingerprint density at radius 3 is 2.72 bits per heavy atom. The molecule has 29 heavy (non-hydrogen) atoms. The molecule has 0 saturated carbocycles. The second-order valence-corrected chi connectivity index (χ2v) is 9.08. The molecular weight excluding hydrogens is 503 g/mol. The maximum Gasteiger partial charge on any atom is 0.211 e. The molecule has 1 atom stereocenters. The molecule has 0 spiro atoms. The second-order valence-electron chi connectivity index (χ2n) is 6.99. The van der Waals surface area contributed by atoms with Gasteiger partial charge in [0.05, 0.1) is 19.0 Å². The van der Waals surface area contributed by atoms with Crippen LogP contribution in [0.15, 0.2) is 35.3 Å². The van der Waals surface area contributed by atoms with Gasteiger partial charge in [0.2, 0.25) is 10.0 Å². The largest absolute Gasteiger partial charge is 0.376 e. The molecule has 1 aromatic rings. The van der Waals surface area contributed by atoms with Gasteiger partial charge < -0.3 is 15.0 Å². The first kappa shape index (κ1) is 26.1. The van der Waals surface area contributed by atoms with E-state index in [1.165, 1.54) is 5.56 Å². The minimum atomic E-state index is -3.12. The topological polar surface area (TPSA) is 83.0 Å². The average Bonchev–Trinajstić information content (AvgIpc) is 3.16. The SMILES string of the molecule is CCNC(=NCCCNS(=O)(=O)CC)N1CCC(COCc2ccccc2)C1.I. The highest BCUT2D eigenvalue weighted by Gasteiger charge is 2.24. The number of benzene rings is 1. The molecule has 1 aliphatic rings. The number of aliphatic imine (C=N–C) groups is 1. The van der Waals surface area contributed by atoms with Crippen LogP contribution in [0.1, 0.15) is 32.3 Å². The monoisotopic (exact) mass is 538 g/mol. The zero-order valence-corrected chi connectivity index (χ0v) is 20.6. The lowest BCUT2D eigenvalue weighted by Crippen LogP contribution is -2.40. The summed E-state index contributed by atoms with van der Waals surface area (Å²) in [5.41, 5.74) is 1.20. The summed E-state index contributed by atoms with van der Waals surface area (Å²) in [6.07, 6.45) is 1.78. The van der Waals surface area contributed by atoms with Crippen molar-refractivity contribution < 1.29 is 13.2 Å². The second kappa shape index (κ2) is 14.2. The molecule has 1 aliphatic heterocycles. The summed E-state index contributed by atoms with van der Waals surface area (Å²) in [5.74, 6) is 1.52. The Bertz CT molecular complexity index is 701. The van der Waals surface area contributed by atoms with Crippen molar-refractivity contribution in [3.63, 3.8) is 0 Å². The Balaban J connectivity index is 0.00000420. The minimum absolute atomic E-state index is 0. The fourth-order valence-corrected chi connectivity index (χ4v) is 3.76. The molecular formula is C20H35IN4O3S. The van der Waals surface area contributed by atoms with Crippen molar-refractivity contribution in [3.8, 4) is 0 Å². The van der Waals surface area contributed by atoms with Crippen LogP contribution in [-0.2, 0) is 21.4 Å². The van der Waals surface area contributed by atoms with E-state index in [-0.39, 0.29) is 29.7 Å². The summed E-state index contributed by atoms with van der Waals surface area (Å²) in [6, 6.07) is 10.2. The Morgan fingerprint density at radius 1 is 1.28 bits per heavy atom. The normalized spacial score (nSPS) is 17.2.